The van der Waals surface area contributed by atoms with Gasteiger partial charge in [0, 0.05) is 17.4 Å². The predicted octanol–water partition coefficient (Wildman–Crippen LogP) is 3.68. The van der Waals surface area contributed by atoms with Gasteiger partial charge in [-0.3, -0.25) is 19.1 Å². The summed E-state index contributed by atoms with van der Waals surface area (Å²) in [7, 11) is 0. The van der Waals surface area contributed by atoms with Crippen LogP contribution in [0, 0.1) is 0 Å². The number of hydrazone groups is 1. The lowest BCUT2D eigenvalue weighted by Crippen LogP contribution is -2.24. The topological polar surface area (TPSA) is 89.2 Å². The minimum absolute atomic E-state index is 0.0338. The molecule has 1 N–H and O–H groups in total. The van der Waals surface area contributed by atoms with Gasteiger partial charge in [-0.05, 0) is 54.1 Å². The van der Waals surface area contributed by atoms with E-state index in [0.717, 1.165) is 17.3 Å². The molecule has 2 aromatic carbocycles. The van der Waals surface area contributed by atoms with Crippen molar-refractivity contribution in [1.29, 1.82) is 0 Å². The molecule has 0 fully saturated rings. The Labute approximate surface area is 186 Å². The molecule has 0 aliphatic carbocycles. The predicted molar refractivity (Wildman–Crippen MR) is 123 cm³/mol. The fourth-order valence-electron chi connectivity index (χ4n) is 2.82. The number of thioether (sulfide) groups is 1. The molecule has 4 aromatic rings. The van der Waals surface area contributed by atoms with E-state index < -0.39 is 0 Å². The maximum atomic E-state index is 13.2. The molecule has 2 heterocycles. The molecule has 0 aliphatic heterocycles. The largest absolute Gasteiger partial charge is 0.272 e. The first-order chi connectivity index (χ1) is 15.1. The Morgan fingerprint density at radius 3 is 2.61 bits per heavy atom. The van der Waals surface area contributed by atoms with E-state index in [0.29, 0.717) is 26.8 Å². The molecule has 2 aromatic heterocycles. The molecule has 0 spiro atoms. The molecule has 0 unspecified atom stereocenters. The molecule has 9 heteroatoms. The number of para-hydroxylation sites is 1. The van der Waals surface area contributed by atoms with Gasteiger partial charge in [-0.1, -0.05) is 35.5 Å². The lowest BCUT2D eigenvalue weighted by Gasteiger charge is -2.13. The molecular weight excluding hydrogens is 434 g/mol. The molecular formula is C22H16ClN5O2S. The van der Waals surface area contributed by atoms with Crippen molar-refractivity contribution in [3.63, 3.8) is 0 Å². The lowest BCUT2D eigenvalue weighted by molar-refractivity contribution is -0.118. The van der Waals surface area contributed by atoms with Crippen molar-refractivity contribution in [3.8, 4) is 5.69 Å². The maximum Gasteiger partial charge on any atom is 0.266 e. The summed E-state index contributed by atoms with van der Waals surface area (Å²) in [5.74, 6) is -0.285. The van der Waals surface area contributed by atoms with Crippen LogP contribution in [0.4, 0.5) is 0 Å². The summed E-state index contributed by atoms with van der Waals surface area (Å²) in [5, 5.41) is 5.40. The van der Waals surface area contributed by atoms with Gasteiger partial charge in [0.15, 0.2) is 5.16 Å². The van der Waals surface area contributed by atoms with Gasteiger partial charge in [0.2, 0.25) is 0 Å². The first kappa shape index (κ1) is 20.8. The number of nitrogens with one attached hydrogen (secondary N) is 1. The van der Waals surface area contributed by atoms with Crippen molar-refractivity contribution in [1.82, 2.24) is 20.0 Å². The summed E-state index contributed by atoms with van der Waals surface area (Å²) >= 11 is 7.14. The van der Waals surface area contributed by atoms with Gasteiger partial charge in [0.1, 0.15) is 0 Å². The Kier molecular flexibility index (Phi) is 6.40. The number of rotatable bonds is 6. The SMILES string of the molecule is O=C(CSc1nc2ccccc2c(=O)n1-c1ccc(Cl)cc1)NN=Cc1ccncc1. The summed E-state index contributed by atoms with van der Waals surface area (Å²) < 4.78 is 1.48. The van der Waals surface area contributed by atoms with Crippen molar-refractivity contribution in [2.75, 3.05) is 5.75 Å². The highest BCUT2D eigenvalue weighted by Crippen LogP contribution is 2.22. The molecule has 7 nitrogen and oxygen atoms in total. The molecule has 0 saturated heterocycles. The molecule has 154 valence electrons. The van der Waals surface area contributed by atoms with E-state index in [1.54, 1.807) is 67.0 Å². The monoisotopic (exact) mass is 449 g/mol. The van der Waals surface area contributed by atoms with Crippen molar-refractivity contribution < 1.29 is 4.79 Å². The van der Waals surface area contributed by atoms with Gasteiger partial charge in [-0.25, -0.2) is 10.4 Å². The Bertz CT molecular complexity index is 1310. The second kappa shape index (κ2) is 9.55. The van der Waals surface area contributed by atoms with Gasteiger partial charge in [-0.15, -0.1) is 0 Å². The summed E-state index contributed by atoms with van der Waals surface area (Å²) in [5.41, 5.74) is 4.26. The number of aromatic nitrogens is 3. The van der Waals surface area contributed by atoms with E-state index in [9.17, 15) is 9.59 Å². The minimum atomic E-state index is -0.319. The van der Waals surface area contributed by atoms with E-state index in [-0.39, 0.29) is 17.2 Å². The summed E-state index contributed by atoms with van der Waals surface area (Å²) in [6.45, 7) is 0. The zero-order valence-corrected chi connectivity index (χ0v) is 17.7. The van der Waals surface area contributed by atoms with E-state index in [2.05, 4.69) is 20.5 Å². The minimum Gasteiger partial charge on any atom is -0.272 e. The average Bonchev–Trinajstić information content (AvgIpc) is 2.79. The van der Waals surface area contributed by atoms with Crippen molar-refractivity contribution in [3.05, 3.63) is 94.0 Å². The number of halogens is 1. The van der Waals surface area contributed by atoms with Crippen molar-refractivity contribution in [2.45, 2.75) is 5.16 Å². The molecule has 4 rings (SSSR count). The van der Waals surface area contributed by atoms with Crippen LogP contribution in [-0.4, -0.2) is 32.4 Å². The zero-order valence-electron chi connectivity index (χ0n) is 16.1. The number of benzene rings is 2. The van der Waals surface area contributed by atoms with Crippen LogP contribution in [0.2, 0.25) is 5.02 Å². The number of pyridine rings is 1. The maximum absolute atomic E-state index is 13.2. The van der Waals surface area contributed by atoms with Crippen LogP contribution >= 0.6 is 23.4 Å². The molecule has 0 saturated carbocycles. The smallest absolute Gasteiger partial charge is 0.266 e. The number of hydrogen-bond donors (Lipinski definition) is 1. The molecule has 0 atom stereocenters. The van der Waals surface area contributed by atoms with E-state index >= 15 is 0 Å². The first-order valence-electron chi connectivity index (χ1n) is 9.24. The molecule has 1 amide bonds. The van der Waals surface area contributed by atoms with Gasteiger partial charge >= 0.3 is 0 Å². The molecule has 0 bridgehead atoms. The summed E-state index contributed by atoms with van der Waals surface area (Å²) in [6.07, 6.45) is 4.81. The third-order valence-corrected chi connectivity index (χ3v) is 5.46. The van der Waals surface area contributed by atoms with E-state index in [1.165, 1.54) is 10.8 Å². The highest BCUT2D eigenvalue weighted by molar-refractivity contribution is 7.99. The number of carbonyl (C=O) groups is 1. The molecule has 31 heavy (non-hydrogen) atoms. The van der Waals surface area contributed by atoms with Gasteiger partial charge in [0.05, 0.1) is 28.6 Å². The quantitative estimate of drug-likeness (QED) is 0.210. The van der Waals surface area contributed by atoms with Gasteiger partial charge in [-0.2, -0.15) is 5.10 Å². The average molecular weight is 450 g/mol. The summed E-state index contributed by atoms with van der Waals surface area (Å²) in [4.78, 5) is 33.9. The van der Waals surface area contributed by atoms with Crippen LogP contribution in [0.5, 0.6) is 0 Å². The Morgan fingerprint density at radius 1 is 1.10 bits per heavy atom. The Balaban J connectivity index is 1.58. The van der Waals surface area contributed by atoms with Crippen LogP contribution in [0.15, 0.2) is 88.1 Å². The number of fused-ring (bicyclic) bond motifs is 1. The third kappa shape index (κ3) is 4.99. The van der Waals surface area contributed by atoms with Crippen LogP contribution in [0.3, 0.4) is 0 Å². The lowest BCUT2D eigenvalue weighted by atomic mass is 10.2. The normalized spacial score (nSPS) is 11.1. The fraction of sp³-hybridized carbons (Fsp3) is 0.0455. The standard InChI is InChI=1S/C22H16ClN5O2S/c23-16-5-7-17(8-6-16)28-21(30)18-3-1-2-4-19(18)26-22(28)31-14-20(29)27-25-13-15-9-11-24-12-10-15/h1-13H,14H2,(H,27,29). The van der Waals surface area contributed by atoms with E-state index in [1.807, 2.05) is 6.07 Å². The fourth-order valence-corrected chi connectivity index (χ4v) is 3.75. The molecule has 0 aliphatic rings. The number of carbonyl (C=O) groups excluding carboxylic acids is 1. The number of amides is 1. The second-order valence-corrected chi connectivity index (χ2v) is 7.77. The van der Waals surface area contributed by atoms with Crippen LogP contribution in [0.1, 0.15) is 5.56 Å². The Morgan fingerprint density at radius 2 is 1.84 bits per heavy atom. The van der Waals surface area contributed by atoms with E-state index in [4.69, 9.17) is 11.6 Å². The Hall–Kier alpha value is -3.49. The second-order valence-electron chi connectivity index (χ2n) is 6.39. The van der Waals surface area contributed by atoms with Crippen LogP contribution < -0.4 is 11.0 Å². The molecule has 0 radical (unpaired) electrons. The van der Waals surface area contributed by atoms with Crippen LogP contribution in [0.25, 0.3) is 16.6 Å². The number of hydrogen-bond acceptors (Lipinski definition) is 6. The summed E-state index contributed by atoms with van der Waals surface area (Å²) in [6, 6.07) is 17.5. The van der Waals surface area contributed by atoms with Gasteiger partial charge in [0.25, 0.3) is 11.5 Å². The highest BCUT2D eigenvalue weighted by Gasteiger charge is 2.14. The van der Waals surface area contributed by atoms with Crippen molar-refractivity contribution >= 4 is 46.4 Å². The highest BCUT2D eigenvalue weighted by atomic mass is 35.5. The van der Waals surface area contributed by atoms with Gasteiger partial charge < -0.3 is 0 Å². The zero-order chi connectivity index (χ0) is 21.6. The van der Waals surface area contributed by atoms with Crippen LogP contribution in [-0.2, 0) is 4.79 Å². The number of nitrogens with zero attached hydrogens (tertiary/aromatic N) is 4. The third-order valence-electron chi connectivity index (χ3n) is 4.27. The van der Waals surface area contributed by atoms with Crippen molar-refractivity contribution in [2.24, 2.45) is 5.10 Å². The first-order valence-corrected chi connectivity index (χ1v) is 10.6.